The molecule has 0 saturated heterocycles. The zero-order valence-electron chi connectivity index (χ0n) is 70.6. The van der Waals surface area contributed by atoms with E-state index in [1.54, 1.807) is 44.0 Å². The SMILES string of the molecule is COCCCC(=O)CCOCCNC(=O)CCOCCCC(=O)CCOCCNC(=O)CCOCCCC(=O)CCOCCNC(=O)CCOCCN1C(=O)c2ccccc2C1=O.COCCCC(=O)CCOCCNC(=O)CCOCCCC(=O)CCOCCNC(=O)CCOCNC(=O)CCOCCCC(=O)CCOCCNC(=O)CNO. The van der Waals surface area contributed by atoms with Crippen molar-refractivity contribution in [3.8, 4) is 0 Å². The normalized spacial score (nSPS) is 11.5. The number of hydrogen-bond donors (Lipinski definition) is 9. The zero-order chi connectivity index (χ0) is 87.8. The Hall–Kier alpha value is -7.97. The van der Waals surface area contributed by atoms with Gasteiger partial charge in [-0.05, 0) is 50.7 Å². The fourth-order valence-electron chi connectivity index (χ4n) is 10.3. The number of carbonyl (C=O) groups excluding carboxylic acids is 15. The molecule has 1 aliphatic heterocycles. The molecule has 0 aliphatic carbocycles. The second kappa shape index (κ2) is 79.5. The summed E-state index contributed by atoms with van der Waals surface area (Å²) in [6, 6.07) is 6.64. The number of carbonyl (C=O) groups is 15. The molecule has 0 unspecified atom stereocenters. The summed E-state index contributed by atoms with van der Waals surface area (Å²) in [5, 5.41) is 27.1. The highest BCUT2D eigenvalue weighted by molar-refractivity contribution is 6.21. The van der Waals surface area contributed by atoms with E-state index < -0.39 is 0 Å². The summed E-state index contributed by atoms with van der Waals surface area (Å²) in [5.74, 6) is -1.91. The van der Waals surface area contributed by atoms with E-state index in [9.17, 15) is 71.9 Å². The number of methoxy groups -OCH3 is 2. The standard InChI is InChI=1S/C44H68N4O15.C37H67N5O15/c1-57-22-4-7-35(49)12-25-60-31-18-45-40(52)15-28-58-23-5-8-36(50)13-26-61-32-19-46-41(53)16-29-59-24-6-9-37(51)14-27-62-33-20-47-42(54)17-30-63-34-21-48-43(55)38-10-2-3-11-39(38)44(48)56;1-51-17-2-5-31(43)8-20-54-26-14-38-34(46)11-23-52-18-3-6-32(44)9-21-55-27-15-39-35(47)13-25-57-30-41-36(48)12-24-53-19-4-7-33(45)10-22-56-28-16-40-37(49)29-42-50/h2-3,10-11H,4-9,12-34H2,1H3,(H,45,52)(H,46,53)(H,47,54);42,50H,2-30H2,1H3,(H,38,46)(H,39,47)(H,40,49)(H,41,48). The van der Waals surface area contributed by atoms with Gasteiger partial charge < -0.3 is 109 Å². The largest absolute Gasteiger partial charge is 0.385 e. The van der Waals surface area contributed by atoms with Gasteiger partial charge in [-0.2, -0.15) is 5.48 Å². The Kier molecular flexibility index (Phi) is 72.9. The third-order valence-electron chi connectivity index (χ3n) is 16.9. The van der Waals surface area contributed by atoms with Crippen molar-refractivity contribution in [3.05, 3.63) is 35.4 Å². The van der Waals surface area contributed by atoms with Crippen molar-refractivity contribution in [2.75, 3.05) is 238 Å². The van der Waals surface area contributed by atoms with Crippen LogP contribution < -0.4 is 42.7 Å². The maximum absolute atomic E-state index is 12.4. The fourth-order valence-corrected chi connectivity index (χ4v) is 10.3. The van der Waals surface area contributed by atoms with Gasteiger partial charge in [0.2, 0.25) is 41.4 Å². The first-order chi connectivity index (χ1) is 58.3. The number of nitrogens with zero attached hydrogens (tertiary/aromatic N) is 1. The highest BCUT2D eigenvalue weighted by Crippen LogP contribution is 2.22. The minimum absolute atomic E-state index is 0.0260. The number of ketones is 6. The number of ether oxygens (including phenoxy) is 14. The lowest BCUT2D eigenvalue weighted by Crippen LogP contribution is -2.34. The minimum atomic E-state index is -0.364. The van der Waals surface area contributed by atoms with Gasteiger partial charge in [0.05, 0.1) is 163 Å². The van der Waals surface area contributed by atoms with Crippen LogP contribution in [0.5, 0.6) is 0 Å². The molecule has 0 atom stereocenters. The van der Waals surface area contributed by atoms with Gasteiger partial charge >= 0.3 is 0 Å². The van der Waals surface area contributed by atoms with Crippen molar-refractivity contribution in [2.24, 2.45) is 0 Å². The molecule has 0 fully saturated rings. The third-order valence-corrected chi connectivity index (χ3v) is 16.9. The summed E-state index contributed by atoms with van der Waals surface area (Å²) in [6.07, 6.45) is 8.45. The Morgan fingerprint density at radius 3 is 0.758 bits per heavy atom. The van der Waals surface area contributed by atoms with E-state index in [0.29, 0.717) is 187 Å². The van der Waals surface area contributed by atoms with Crippen LogP contribution in [0.4, 0.5) is 0 Å². The quantitative estimate of drug-likeness (QED) is 0.0192. The molecule has 39 heteroatoms. The highest BCUT2D eigenvalue weighted by atomic mass is 16.5. The lowest BCUT2D eigenvalue weighted by molar-refractivity contribution is -0.125. The number of hydrogen-bond acceptors (Lipinski definition) is 31. The molecule has 0 spiro atoms. The number of Topliss-reactive ketones (excluding diaryl/α,β-unsaturated/α-hetero) is 6. The van der Waals surface area contributed by atoms with E-state index in [-0.39, 0.29) is 291 Å². The Labute approximate surface area is 704 Å². The minimum Gasteiger partial charge on any atom is -0.385 e. The Bertz CT molecular complexity index is 2990. The van der Waals surface area contributed by atoms with E-state index >= 15 is 0 Å². The van der Waals surface area contributed by atoms with Crippen LogP contribution in [0.3, 0.4) is 0 Å². The lowest BCUT2D eigenvalue weighted by Gasteiger charge is -2.13. The van der Waals surface area contributed by atoms with E-state index in [1.165, 1.54) is 0 Å². The monoisotopic (exact) mass is 1710 g/mol. The van der Waals surface area contributed by atoms with Gasteiger partial charge in [0.15, 0.2) is 0 Å². The topological polar surface area (TPSA) is 505 Å². The van der Waals surface area contributed by atoms with Gasteiger partial charge in [0.1, 0.15) is 41.4 Å². The number of imide groups is 1. The maximum atomic E-state index is 12.4. The molecule has 1 aromatic rings. The van der Waals surface area contributed by atoms with Crippen molar-refractivity contribution in [1.29, 1.82) is 0 Å². The lowest BCUT2D eigenvalue weighted by atomic mass is 10.1. The molecule has 1 heterocycles. The molecule has 2 rings (SSSR count). The Morgan fingerprint density at radius 1 is 0.267 bits per heavy atom. The number of nitrogens with one attached hydrogen (secondary N) is 8. The first-order valence-corrected chi connectivity index (χ1v) is 41.5. The number of rotatable bonds is 85. The molecule has 0 saturated carbocycles. The van der Waals surface area contributed by atoms with Crippen molar-refractivity contribution in [3.63, 3.8) is 0 Å². The summed E-state index contributed by atoms with van der Waals surface area (Å²) in [5.41, 5.74) is 2.51. The summed E-state index contributed by atoms with van der Waals surface area (Å²) in [4.78, 5) is 180. The summed E-state index contributed by atoms with van der Waals surface area (Å²) < 4.78 is 74.6. The van der Waals surface area contributed by atoms with Crippen molar-refractivity contribution in [2.45, 2.75) is 154 Å². The van der Waals surface area contributed by atoms with E-state index in [0.717, 1.165) is 4.90 Å². The van der Waals surface area contributed by atoms with Crippen LogP contribution in [0.25, 0.3) is 0 Å². The first-order valence-electron chi connectivity index (χ1n) is 41.5. The molecule has 684 valence electrons. The molecule has 1 aliphatic rings. The van der Waals surface area contributed by atoms with Gasteiger partial charge in [-0.15, -0.1) is 0 Å². The van der Waals surface area contributed by atoms with Crippen molar-refractivity contribution in [1.82, 2.24) is 47.6 Å². The third kappa shape index (κ3) is 68.7. The first kappa shape index (κ1) is 110. The van der Waals surface area contributed by atoms with E-state index in [4.69, 9.17) is 71.5 Å². The van der Waals surface area contributed by atoms with E-state index in [2.05, 4.69) is 37.2 Å². The maximum Gasteiger partial charge on any atom is 0.261 e. The van der Waals surface area contributed by atoms with Gasteiger partial charge in [-0.1, -0.05) is 12.1 Å². The van der Waals surface area contributed by atoms with Crippen molar-refractivity contribution < 1.29 is 143 Å². The number of amides is 9. The van der Waals surface area contributed by atoms with Crippen LogP contribution in [-0.4, -0.2) is 336 Å². The summed E-state index contributed by atoms with van der Waals surface area (Å²) >= 11 is 0. The molecule has 0 radical (unpaired) electrons. The van der Waals surface area contributed by atoms with Gasteiger partial charge in [0, 0.05) is 196 Å². The molecule has 120 heavy (non-hydrogen) atoms. The van der Waals surface area contributed by atoms with Crippen LogP contribution in [0.1, 0.15) is 175 Å². The predicted octanol–water partition coefficient (Wildman–Crippen LogP) is 1.29. The molecule has 0 aromatic heterocycles. The molecule has 0 bridgehead atoms. The Balaban J connectivity index is 0.00000121. The summed E-state index contributed by atoms with van der Waals surface area (Å²) in [6.45, 7) is 8.87. The molecular weight excluding hydrogens is 1580 g/mol. The molecule has 9 amide bonds. The molecule has 1 aromatic carbocycles. The van der Waals surface area contributed by atoms with Gasteiger partial charge in [-0.3, -0.25) is 76.8 Å². The van der Waals surface area contributed by atoms with Crippen molar-refractivity contribution >= 4 is 87.9 Å². The number of benzene rings is 1. The number of hydroxylamine groups is 1. The average molecular weight is 1720 g/mol. The van der Waals surface area contributed by atoms with Crippen LogP contribution in [0.2, 0.25) is 0 Å². The van der Waals surface area contributed by atoms with Crippen LogP contribution in [0, 0.1) is 0 Å². The van der Waals surface area contributed by atoms with Gasteiger partial charge in [0.25, 0.3) is 11.8 Å². The second-order valence-corrected chi connectivity index (χ2v) is 27.0. The average Bonchev–Trinajstić information content (AvgIpc) is 1.64. The van der Waals surface area contributed by atoms with Gasteiger partial charge in [-0.25, -0.2) is 0 Å². The fraction of sp³-hybridized carbons (Fsp3) is 0.741. The highest BCUT2D eigenvalue weighted by Gasteiger charge is 2.34. The number of fused-ring (bicyclic) bond motifs is 1. The molecular formula is C81H135N9O30. The second-order valence-electron chi connectivity index (χ2n) is 27.0. The smallest absolute Gasteiger partial charge is 0.261 e. The molecule has 39 nitrogen and oxygen atoms in total. The predicted molar refractivity (Wildman–Crippen MR) is 432 cm³/mol. The molecule has 9 N–H and O–H groups in total. The summed E-state index contributed by atoms with van der Waals surface area (Å²) in [7, 11) is 3.20. The van der Waals surface area contributed by atoms with Crippen LogP contribution >= 0.6 is 0 Å². The zero-order valence-corrected chi connectivity index (χ0v) is 70.6. The van der Waals surface area contributed by atoms with Crippen LogP contribution in [0.15, 0.2) is 24.3 Å². The van der Waals surface area contributed by atoms with E-state index in [1.807, 2.05) is 0 Å². The Morgan fingerprint density at radius 2 is 0.492 bits per heavy atom. The van der Waals surface area contributed by atoms with Crippen LogP contribution in [-0.2, 0) is 129 Å².